The average molecular weight is 392 g/mol. The second-order valence-electron chi connectivity index (χ2n) is 8.22. The maximum absolute atomic E-state index is 12.0. The van der Waals surface area contributed by atoms with E-state index in [0.717, 1.165) is 29.7 Å². The minimum Gasteiger partial charge on any atom is -0.444 e. The summed E-state index contributed by atoms with van der Waals surface area (Å²) >= 11 is 0. The second-order valence-corrected chi connectivity index (χ2v) is 8.22. The number of nitrogens with zero attached hydrogens (tertiary/aromatic N) is 2. The summed E-state index contributed by atoms with van der Waals surface area (Å²) in [6.07, 6.45) is 4.48. The molecule has 0 unspecified atom stereocenters. The second kappa shape index (κ2) is 8.95. The minimum absolute atomic E-state index is 0.155. The van der Waals surface area contributed by atoms with Crippen molar-refractivity contribution in [3.63, 3.8) is 0 Å². The van der Waals surface area contributed by atoms with Crippen molar-refractivity contribution in [3.8, 4) is 11.1 Å². The number of ether oxygens (including phenoxy) is 1. The molecule has 0 radical (unpaired) electrons. The summed E-state index contributed by atoms with van der Waals surface area (Å²) in [5.74, 6) is 0. The zero-order chi connectivity index (χ0) is 20.9. The van der Waals surface area contributed by atoms with Crippen LogP contribution in [0.4, 0.5) is 4.79 Å². The largest absolute Gasteiger partial charge is 0.444 e. The molecule has 0 aliphatic heterocycles. The average Bonchev–Trinajstić information content (AvgIpc) is 3.15. The van der Waals surface area contributed by atoms with Gasteiger partial charge in [0.15, 0.2) is 0 Å². The number of hydrogen-bond donors (Lipinski definition) is 1. The predicted octanol–water partition coefficient (Wildman–Crippen LogP) is 5.38. The van der Waals surface area contributed by atoms with Gasteiger partial charge in [0, 0.05) is 18.3 Å². The molecule has 0 aliphatic carbocycles. The molecule has 0 spiro atoms. The van der Waals surface area contributed by atoms with Crippen molar-refractivity contribution in [2.24, 2.45) is 0 Å². The van der Waals surface area contributed by atoms with E-state index in [4.69, 9.17) is 4.74 Å². The quantitative estimate of drug-likeness (QED) is 0.614. The van der Waals surface area contributed by atoms with Crippen molar-refractivity contribution in [2.45, 2.75) is 52.3 Å². The number of aryl methyl sites for hydroxylation is 2. The van der Waals surface area contributed by atoms with Gasteiger partial charge in [0.1, 0.15) is 5.60 Å². The van der Waals surface area contributed by atoms with Crippen molar-refractivity contribution >= 4 is 6.09 Å². The van der Waals surface area contributed by atoms with Crippen LogP contribution in [0.2, 0.25) is 0 Å². The summed E-state index contributed by atoms with van der Waals surface area (Å²) in [5, 5.41) is 7.39. The molecule has 3 rings (SSSR count). The van der Waals surface area contributed by atoms with Crippen LogP contribution in [0, 0.1) is 0 Å². The van der Waals surface area contributed by atoms with Gasteiger partial charge in [0.25, 0.3) is 0 Å². The lowest BCUT2D eigenvalue weighted by molar-refractivity contribution is 0.0508. The van der Waals surface area contributed by atoms with E-state index in [1.165, 1.54) is 5.56 Å². The first-order valence-electron chi connectivity index (χ1n) is 9.96. The fourth-order valence-corrected chi connectivity index (χ4v) is 3.08. The molecule has 0 bridgehead atoms. The Morgan fingerprint density at radius 3 is 2.59 bits per heavy atom. The van der Waals surface area contributed by atoms with E-state index in [0.29, 0.717) is 0 Å². The van der Waals surface area contributed by atoms with Crippen LogP contribution < -0.4 is 5.32 Å². The van der Waals surface area contributed by atoms with Gasteiger partial charge in [0.05, 0.1) is 12.2 Å². The Labute approximate surface area is 172 Å². The molecule has 1 atom stereocenters. The van der Waals surface area contributed by atoms with E-state index in [1.807, 2.05) is 56.8 Å². The van der Waals surface area contributed by atoms with Gasteiger partial charge in [-0.05, 0) is 56.9 Å². The number of hydrogen-bond acceptors (Lipinski definition) is 3. The zero-order valence-corrected chi connectivity index (χ0v) is 17.6. The molecule has 1 aromatic heterocycles. The lowest BCUT2D eigenvalue weighted by Gasteiger charge is -2.22. The maximum Gasteiger partial charge on any atom is 0.408 e. The Balaban J connectivity index is 1.65. The number of carbonyl (C=O) groups excluding carboxylic acids is 1. The molecule has 5 heteroatoms. The highest BCUT2D eigenvalue weighted by Crippen LogP contribution is 2.23. The zero-order valence-electron chi connectivity index (χ0n) is 17.6. The molecule has 0 fully saturated rings. The van der Waals surface area contributed by atoms with Gasteiger partial charge in [-0.2, -0.15) is 5.10 Å². The van der Waals surface area contributed by atoms with Crippen LogP contribution >= 0.6 is 0 Å². The number of aromatic nitrogens is 2. The molecule has 5 nitrogen and oxygen atoms in total. The molecular weight excluding hydrogens is 362 g/mol. The molecule has 152 valence electrons. The molecule has 0 saturated carbocycles. The van der Waals surface area contributed by atoms with E-state index >= 15 is 0 Å². The van der Waals surface area contributed by atoms with Crippen LogP contribution in [0.1, 0.15) is 44.9 Å². The summed E-state index contributed by atoms with van der Waals surface area (Å²) in [5.41, 5.74) is 3.94. The van der Waals surface area contributed by atoms with E-state index in [9.17, 15) is 4.79 Å². The van der Waals surface area contributed by atoms with E-state index < -0.39 is 11.7 Å². The van der Waals surface area contributed by atoms with Crippen molar-refractivity contribution in [1.82, 2.24) is 15.1 Å². The fourth-order valence-electron chi connectivity index (χ4n) is 3.08. The van der Waals surface area contributed by atoms with Crippen LogP contribution in [0.3, 0.4) is 0 Å². The molecule has 1 N–H and O–H groups in total. The first kappa shape index (κ1) is 20.6. The highest BCUT2D eigenvalue weighted by Gasteiger charge is 2.18. The van der Waals surface area contributed by atoms with Crippen LogP contribution in [-0.2, 0) is 17.7 Å². The summed E-state index contributed by atoms with van der Waals surface area (Å²) in [4.78, 5) is 12.0. The smallest absolute Gasteiger partial charge is 0.408 e. The van der Waals surface area contributed by atoms with E-state index in [2.05, 4.69) is 53.0 Å². The van der Waals surface area contributed by atoms with Gasteiger partial charge in [-0.15, -0.1) is 0 Å². The Kier molecular flexibility index (Phi) is 6.37. The number of rotatable bonds is 6. The Bertz CT molecular complexity index is 942. The third kappa shape index (κ3) is 6.21. The van der Waals surface area contributed by atoms with Crippen molar-refractivity contribution in [1.29, 1.82) is 0 Å². The van der Waals surface area contributed by atoms with Crippen molar-refractivity contribution in [3.05, 3.63) is 78.1 Å². The minimum atomic E-state index is -0.514. The van der Waals surface area contributed by atoms with Gasteiger partial charge in [0.2, 0.25) is 0 Å². The van der Waals surface area contributed by atoms with E-state index in [1.54, 1.807) is 0 Å². The van der Waals surface area contributed by atoms with Crippen LogP contribution in [-0.4, -0.2) is 21.5 Å². The molecule has 3 aromatic rings. The van der Waals surface area contributed by atoms with Crippen LogP contribution in [0.15, 0.2) is 67.0 Å². The lowest BCUT2D eigenvalue weighted by atomic mass is 10.0. The van der Waals surface area contributed by atoms with Crippen LogP contribution in [0.25, 0.3) is 11.1 Å². The number of amides is 1. The number of carbonyl (C=O) groups is 1. The molecule has 29 heavy (non-hydrogen) atoms. The number of nitrogens with one attached hydrogen (secondary N) is 1. The van der Waals surface area contributed by atoms with Crippen LogP contribution in [0.5, 0.6) is 0 Å². The standard InChI is InChI=1S/C24H29N3O2/c1-18(26-23(28)29-24(2,3)4)20-11-8-12-21(15-20)22-16-25-27(17-22)14-13-19-9-6-5-7-10-19/h5-12,15-18H,13-14H2,1-4H3,(H,26,28)/t18-/m1/s1. The highest BCUT2D eigenvalue weighted by atomic mass is 16.6. The summed E-state index contributed by atoms with van der Waals surface area (Å²) in [6.45, 7) is 8.35. The monoisotopic (exact) mass is 391 g/mol. The number of benzene rings is 2. The maximum atomic E-state index is 12.0. The van der Waals surface area contributed by atoms with Gasteiger partial charge in [-0.25, -0.2) is 4.79 Å². The molecule has 1 amide bonds. The van der Waals surface area contributed by atoms with Gasteiger partial charge < -0.3 is 10.1 Å². The normalized spacial score (nSPS) is 12.4. The molecule has 0 aliphatic rings. The first-order chi connectivity index (χ1) is 13.8. The lowest BCUT2D eigenvalue weighted by Crippen LogP contribution is -2.34. The van der Waals surface area contributed by atoms with Crippen molar-refractivity contribution < 1.29 is 9.53 Å². The molecule has 1 heterocycles. The molecular formula is C24H29N3O2. The van der Waals surface area contributed by atoms with Crippen molar-refractivity contribution in [2.75, 3.05) is 0 Å². The molecule has 0 saturated heterocycles. The predicted molar refractivity (Wildman–Crippen MR) is 116 cm³/mol. The van der Waals surface area contributed by atoms with Gasteiger partial charge in [-0.1, -0.05) is 48.5 Å². The SMILES string of the molecule is C[C@@H](NC(=O)OC(C)(C)C)c1cccc(-c2cnn(CCc3ccccc3)c2)c1. The molecule has 2 aromatic carbocycles. The fraction of sp³-hybridized carbons (Fsp3) is 0.333. The van der Waals surface area contributed by atoms with Gasteiger partial charge >= 0.3 is 6.09 Å². The Morgan fingerprint density at radius 2 is 1.86 bits per heavy atom. The first-order valence-corrected chi connectivity index (χ1v) is 9.96. The summed E-state index contributed by atoms with van der Waals surface area (Å²) in [6, 6.07) is 18.4. The Hall–Kier alpha value is -3.08. The van der Waals surface area contributed by atoms with Gasteiger partial charge in [-0.3, -0.25) is 4.68 Å². The summed E-state index contributed by atoms with van der Waals surface area (Å²) in [7, 11) is 0. The topological polar surface area (TPSA) is 56.1 Å². The summed E-state index contributed by atoms with van der Waals surface area (Å²) < 4.78 is 7.32. The number of alkyl carbamates (subject to hydrolysis) is 1. The highest BCUT2D eigenvalue weighted by molar-refractivity contribution is 5.69. The van der Waals surface area contributed by atoms with E-state index in [-0.39, 0.29) is 6.04 Å². The third-order valence-electron chi connectivity index (χ3n) is 4.56. The third-order valence-corrected chi connectivity index (χ3v) is 4.56. The Morgan fingerprint density at radius 1 is 1.10 bits per heavy atom.